The molecule has 0 aromatic carbocycles. The molecule has 0 bridgehead atoms. The van der Waals surface area contributed by atoms with Gasteiger partial charge in [0.1, 0.15) is 11.6 Å². The largest absolute Gasteiger partial charge is 0.433 e. The first-order chi connectivity index (χ1) is 9.75. The molecule has 0 saturated carbocycles. The monoisotopic (exact) mass is 303 g/mol. The zero-order valence-corrected chi connectivity index (χ0v) is 11.1. The standard InChI is InChI=1S/C10H12F3N7O/c1-20(2)7-3-5(10(11,12)13)15-8(17-7)14-4-6-16-9(21)19-18-6/h3H,4H2,1-2H3,(H,14,15,17)(H2,16,18,19,21). The number of alkyl halides is 3. The zero-order valence-electron chi connectivity index (χ0n) is 11.1. The van der Waals surface area contributed by atoms with Crippen LogP contribution in [-0.4, -0.2) is 39.2 Å². The molecule has 2 aromatic rings. The molecule has 2 aromatic heterocycles. The molecule has 8 nitrogen and oxygen atoms in total. The van der Waals surface area contributed by atoms with Crippen LogP contribution >= 0.6 is 0 Å². The average Bonchev–Trinajstić information content (AvgIpc) is 2.81. The van der Waals surface area contributed by atoms with Crippen molar-refractivity contribution in [3.63, 3.8) is 0 Å². The molecule has 0 fully saturated rings. The number of hydrogen-bond donors (Lipinski definition) is 3. The lowest BCUT2D eigenvalue weighted by Gasteiger charge is -2.15. The summed E-state index contributed by atoms with van der Waals surface area (Å²) in [5, 5.41) is 8.34. The van der Waals surface area contributed by atoms with Crippen LogP contribution in [0.1, 0.15) is 11.5 Å². The Balaban J connectivity index is 2.25. The van der Waals surface area contributed by atoms with E-state index in [1.54, 1.807) is 14.1 Å². The van der Waals surface area contributed by atoms with Crippen molar-refractivity contribution < 1.29 is 13.2 Å². The second-order valence-corrected chi connectivity index (χ2v) is 4.31. The number of hydrogen-bond acceptors (Lipinski definition) is 6. The molecule has 0 saturated heterocycles. The summed E-state index contributed by atoms with van der Waals surface area (Å²) < 4.78 is 38.3. The zero-order chi connectivity index (χ0) is 15.6. The van der Waals surface area contributed by atoms with Gasteiger partial charge in [0.15, 0.2) is 5.69 Å². The van der Waals surface area contributed by atoms with Crippen LogP contribution < -0.4 is 15.9 Å². The predicted molar refractivity (Wildman–Crippen MR) is 67.9 cm³/mol. The maximum Gasteiger partial charge on any atom is 0.433 e. The van der Waals surface area contributed by atoms with Crippen molar-refractivity contribution in [3.05, 3.63) is 28.1 Å². The van der Waals surface area contributed by atoms with E-state index >= 15 is 0 Å². The van der Waals surface area contributed by atoms with Gasteiger partial charge < -0.3 is 10.2 Å². The minimum atomic E-state index is -4.58. The molecule has 2 rings (SSSR count). The van der Waals surface area contributed by atoms with Crippen molar-refractivity contribution in [3.8, 4) is 0 Å². The molecule has 21 heavy (non-hydrogen) atoms. The summed E-state index contributed by atoms with van der Waals surface area (Å²) in [5.41, 5.74) is -1.56. The van der Waals surface area contributed by atoms with Crippen molar-refractivity contribution in [1.82, 2.24) is 25.1 Å². The maximum absolute atomic E-state index is 12.8. The number of anilines is 2. The fourth-order valence-electron chi connectivity index (χ4n) is 1.44. The Bertz CT molecular complexity index is 676. The van der Waals surface area contributed by atoms with Crippen LogP contribution in [0.4, 0.5) is 24.9 Å². The molecule has 2 heterocycles. The summed E-state index contributed by atoms with van der Waals surface area (Å²) in [4.78, 5) is 22.0. The molecule has 11 heteroatoms. The molecule has 0 aliphatic carbocycles. The summed E-state index contributed by atoms with van der Waals surface area (Å²) in [6.07, 6.45) is -4.58. The van der Waals surface area contributed by atoms with Gasteiger partial charge in [0.2, 0.25) is 5.95 Å². The maximum atomic E-state index is 12.8. The number of aromatic nitrogens is 5. The van der Waals surface area contributed by atoms with Crippen molar-refractivity contribution in [2.24, 2.45) is 0 Å². The van der Waals surface area contributed by atoms with Gasteiger partial charge in [-0.05, 0) is 0 Å². The van der Waals surface area contributed by atoms with Crippen molar-refractivity contribution >= 4 is 11.8 Å². The first kappa shape index (κ1) is 14.8. The fourth-order valence-corrected chi connectivity index (χ4v) is 1.44. The van der Waals surface area contributed by atoms with Crippen LogP contribution in [0.25, 0.3) is 0 Å². The normalized spacial score (nSPS) is 11.5. The average molecular weight is 303 g/mol. The van der Waals surface area contributed by atoms with Gasteiger partial charge in [0.05, 0.1) is 6.54 Å². The Labute approximate surface area is 116 Å². The molecule has 3 N–H and O–H groups in total. The van der Waals surface area contributed by atoms with Gasteiger partial charge in [-0.15, -0.1) is 0 Å². The lowest BCUT2D eigenvalue weighted by atomic mass is 10.3. The third-order valence-corrected chi connectivity index (χ3v) is 2.43. The number of rotatable bonds is 4. The third kappa shape index (κ3) is 3.70. The molecule has 0 unspecified atom stereocenters. The minimum Gasteiger partial charge on any atom is -0.363 e. The minimum absolute atomic E-state index is 0.0209. The van der Waals surface area contributed by atoms with E-state index in [-0.39, 0.29) is 24.1 Å². The second kappa shape index (κ2) is 5.42. The summed E-state index contributed by atoms with van der Waals surface area (Å²) in [7, 11) is 3.13. The van der Waals surface area contributed by atoms with Gasteiger partial charge >= 0.3 is 11.9 Å². The van der Waals surface area contributed by atoms with Crippen LogP contribution in [0.3, 0.4) is 0 Å². The van der Waals surface area contributed by atoms with Gasteiger partial charge in [-0.1, -0.05) is 0 Å². The van der Waals surface area contributed by atoms with Gasteiger partial charge in [0.25, 0.3) is 0 Å². The Kier molecular flexibility index (Phi) is 3.82. The van der Waals surface area contributed by atoms with Crippen LogP contribution in [0.2, 0.25) is 0 Å². The number of aromatic amines is 2. The summed E-state index contributed by atoms with van der Waals surface area (Å²) in [5.74, 6) is 0.125. The van der Waals surface area contributed by atoms with E-state index in [4.69, 9.17) is 0 Å². The van der Waals surface area contributed by atoms with E-state index < -0.39 is 17.6 Å². The molecule has 0 atom stereocenters. The number of nitrogens with zero attached hydrogens (tertiary/aromatic N) is 4. The van der Waals surface area contributed by atoms with Crippen molar-refractivity contribution in [2.75, 3.05) is 24.3 Å². The molecule has 114 valence electrons. The molecular formula is C10H12F3N7O. The summed E-state index contributed by atoms with van der Waals surface area (Å²) in [6.45, 7) is -0.0209. The van der Waals surface area contributed by atoms with Gasteiger partial charge in [-0.25, -0.2) is 14.9 Å². The number of H-pyrrole nitrogens is 2. The van der Waals surface area contributed by atoms with Gasteiger partial charge in [-0.2, -0.15) is 23.3 Å². The molecule has 0 aliphatic heterocycles. The quantitative estimate of drug-likeness (QED) is 0.764. The highest BCUT2D eigenvalue weighted by molar-refractivity contribution is 5.44. The van der Waals surface area contributed by atoms with E-state index in [0.717, 1.165) is 6.07 Å². The number of nitrogens with one attached hydrogen (secondary N) is 3. The molecule has 0 amide bonds. The lowest BCUT2D eigenvalue weighted by Crippen LogP contribution is -2.17. The SMILES string of the molecule is CN(C)c1cc(C(F)(F)F)nc(NCc2n[nH]c(=O)[nH]2)n1. The van der Waals surface area contributed by atoms with Crippen LogP contribution in [0.15, 0.2) is 10.9 Å². The van der Waals surface area contributed by atoms with E-state index in [0.29, 0.717) is 0 Å². The molecule has 0 aliphatic rings. The topological polar surface area (TPSA) is 103 Å². The van der Waals surface area contributed by atoms with Crippen molar-refractivity contribution in [2.45, 2.75) is 12.7 Å². The Morgan fingerprint density at radius 2 is 2.05 bits per heavy atom. The Morgan fingerprint density at radius 1 is 1.33 bits per heavy atom. The van der Waals surface area contributed by atoms with E-state index in [9.17, 15) is 18.0 Å². The van der Waals surface area contributed by atoms with Gasteiger partial charge in [-0.3, -0.25) is 4.98 Å². The summed E-state index contributed by atoms with van der Waals surface area (Å²) >= 11 is 0. The highest BCUT2D eigenvalue weighted by Crippen LogP contribution is 2.30. The van der Waals surface area contributed by atoms with E-state index in [1.807, 2.05) is 0 Å². The Morgan fingerprint density at radius 3 is 2.57 bits per heavy atom. The van der Waals surface area contributed by atoms with Crippen LogP contribution in [0.5, 0.6) is 0 Å². The second-order valence-electron chi connectivity index (χ2n) is 4.31. The highest BCUT2D eigenvalue weighted by Gasteiger charge is 2.34. The smallest absolute Gasteiger partial charge is 0.363 e. The molecule has 0 spiro atoms. The third-order valence-electron chi connectivity index (χ3n) is 2.43. The molecular weight excluding hydrogens is 291 g/mol. The number of halogens is 3. The molecule has 0 radical (unpaired) electrons. The first-order valence-corrected chi connectivity index (χ1v) is 5.77. The lowest BCUT2D eigenvalue weighted by molar-refractivity contribution is -0.141. The van der Waals surface area contributed by atoms with E-state index in [1.165, 1.54) is 4.90 Å². The first-order valence-electron chi connectivity index (χ1n) is 5.77. The summed E-state index contributed by atoms with van der Waals surface area (Å²) in [6, 6.07) is 0.849. The highest BCUT2D eigenvalue weighted by atomic mass is 19.4. The van der Waals surface area contributed by atoms with E-state index in [2.05, 4.69) is 30.5 Å². The predicted octanol–water partition coefficient (Wildman–Crippen LogP) is 0.585. The van der Waals surface area contributed by atoms with Crippen molar-refractivity contribution in [1.29, 1.82) is 0 Å². The van der Waals surface area contributed by atoms with Crippen LogP contribution in [-0.2, 0) is 12.7 Å². The Hall–Kier alpha value is -2.59. The van der Waals surface area contributed by atoms with Crippen LogP contribution in [0, 0.1) is 0 Å². The van der Waals surface area contributed by atoms with Gasteiger partial charge in [0, 0.05) is 20.2 Å². The fraction of sp³-hybridized carbons (Fsp3) is 0.400.